The van der Waals surface area contributed by atoms with Crippen molar-refractivity contribution in [3.05, 3.63) is 11.5 Å². The molecular formula is C9H15BO3. The average molecular weight is 182 g/mol. The minimum atomic E-state index is -0.728. The standard InChI is InChI=1S/C9H15BO3/c1-12-8(11)9(13-2)5-3-7(10)4-6-9/h3H,4-6,10H2,1-2H3. The molecule has 0 aromatic heterocycles. The maximum atomic E-state index is 11.5. The van der Waals surface area contributed by atoms with E-state index in [2.05, 4.69) is 7.85 Å². The van der Waals surface area contributed by atoms with E-state index in [1.165, 1.54) is 12.6 Å². The van der Waals surface area contributed by atoms with E-state index in [1.807, 2.05) is 6.08 Å². The van der Waals surface area contributed by atoms with Crippen molar-refractivity contribution in [3.63, 3.8) is 0 Å². The van der Waals surface area contributed by atoms with E-state index in [0.29, 0.717) is 6.42 Å². The Morgan fingerprint density at radius 3 is 2.69 bits per heavy atom. The van der Waals surface area contributed by atoms with Crippen molar-refractivity contribution in [3.8, 4) is 0 Å². The number of rotatable bonds is 2. The van der Waals surface area contributed by atoms with Crippen LogP contribution in [-0.2, 0) is 14.3 Å². The molecule has 0 amide bonds. The van der Waals surface area contributed by atoms with Crippen molar-refractivity contribution >= 4 is 13.8 Å². The maximum absolute atomic E-state index is 11.5. The second-order valence-electron chi connectivity index (χ2n) is 3.44. The molecule has 13 heavy (non-hydrogen) atoms. The van der Waals surface area contributed by atoms with Crippen LogP contribution < -0.4 is 0 Å². The van der Waals surface area contributed by atoms with Gasteiger partial charge in [-0.25, -0.2) is 4.79 Å². The third kappa shape index (κ3) is 1.94. The zero-order chi connectivity index (χ0) is 9.90. The Hall–Kier alpha value is -0.765. The van der Waals surface area contributed by atoms with E-state index in [9.17, 15) is 4.79 Å². The van der Waals surface area contributed by atoms with Crippen molar-refractivity contribution in [2.75, 3.05) is 14.2 Å². The highest BCUT2D eigenvalue weighted by molar-refractivity contribution is 6.21. The summed E-state index contributed by atoms with van der Waals surface area (Å²) in [4.78, 5) is 11.5. The van der Waals surface area contributed by atoms with Gasteiger partial charge in [0, 0.05) is 13.5 Å². The van der Waals surface area contributed by atoms with Gasteiger partial charge in [-0.15, -0.1) is 5.47 Å². The van der Waals surface area contributed by atoms with Crippen LogP contribution in [-0.4, -0.2) is 33.6 Å². The molecule has 0 heterocycles. The molecule has 1 aliphatic carbocycles. The van der Waals surface area contributed by atoms with E-state index < -0.39 is 5.60 Å². The molecule has 0 saturated carbocycles. The Balaban J connectivity index is 2.78. The quantitative estimate of drug-likeness (QED) is 0.453. The predicted octanol–water partition coefficient (Wildman–Crippen LogP) is 0.245. The van der Waals surface area contributed by atoms with Crippen LogP contribution >= 0.6 is 0 Å². The lowest BCUT2D eigenvalue weighted by Crippen LogP contribution is -2.42. The van der Waals surface area contributed by atoms with Crippen molar-refractivity contribution in [1.29, 1.82) is 0 Å². The maximum Gasteiger partial charge on any atom is 0.338 e. The molecule has 0 aromatic carbocycles. The van der Waals surface area contributed by atoms with Gasteiger partial charge in [0.1, 0.15) is 7.85 Å². The molecule has 0 aromatic rings. The first-order chi connectivity index (χ1) is 6.14. The minimum Gasteiger partial charge on any atom is -0.467 e. The Kier molecular flexibility index (Phi) is 3.14. The number of hydrogen-bond donors (Lipinski definition) is 0. The van der Waals surface area contributed by atoms with Gasteiger partial charge in [0.15, 0.2) is 5.60 Å². The molecule has 1 unspecified atom stereocenters. The predicted molar refractivity (Wildman–Crippen MR) is 52.2 cm³/mol. The van der Waals surface area contributed by atoms with E-state index in [0.717, 1.165) is 12.8 Å². The summed E-state index contributed by atoms with van der Waals surface area (Å²) < 4.78 is 9.99. The number of ether oxygens (including phenoxy) is 2. The molecule has 0 radical (unpaired) electrons. The first kappa shape index (κ1) is 10.3. The summed E-state index contributed by atoms with van der Waals surface area (Å²) >= 11 is 0. The van der Waals surface area contributed by atoms with Gasteiger partial charge in [-0.05, 0) is 12.8 Å². The normalized spacial score (nSPS) is 28.0. The van der Waals surface area contributed by atoms with Gasteiger partial charge in [-0.1, -0.05) is 6.08 Å². The fourth-order valence-electron chi connectivity index (χ4n) is 1.58. The highest BCUT2D eigenvalue weighted by atomic mass is 16.6. The molecule has 3 nitrogen and oxygen atoms in total. The summed E-state index contributed by atoms with van der Waals surface area (Å²) in [7, 11) is 5.02. The summed E-state index contributed by atoms with van der Waals surface area (Å²) in [6, 6.07) is 0. The largest absolute Gasteiger partial charge is 0.467 e. The Bertz CT molecular complexity index is 237. The molecule has 1 atom stereocenters. The van der Waals surface area contributed by atoms with Gasteiger partial charge in [0.25, 0.3) is 0 Å². The molecule has 0 N–H and O–H groups in total. The third-order valence-corrected chi connectivity index (χ3v) is 2.65. The number of esters is 1. The Labute approximate surface area is 79.5 Å². The highest BCUT2D eigenvalue weighted by Crippen LogP contribution is 2.30. The molecular weight excluding hydrogens is 167 g/mol. The zero-order valence-electron chi connectivity index (χ0n) is 8.42. The topological polar surface area (TPSA) is 35.5 Å². The number of carbonyl (C=O) groups is 1. The summed E-state index contributed by atoms with van der Waals surface area (Å²) in [5.74, 6) is -0.265. The van der Waals surface area contributed by atoms with Gasteiger partial charge in [0.2, 0.25) is 0 Å². The van der Waals surface area contributed by atoms with Crippen LogP contribution in [0.25, 0.3) is 0 Å². The lowest BCUT2D eigenvalue weighted by Gasteiger charge is -2.31. The summed E-state index contributed by atoms with van der Waals surface area (Å²) in [6.45, 7) is 0. The molecule has 0 saturated heterocycles. The molecule has 0 bridgehead atoms. The van der Waals surface area contributed by atoms with E-state index >= 15 is 0 Å². The van der Waals surface area contributed by atoms with Crippen LogP contribution in [0.1, 0.15) is 19.3 Å². The number of methoxy groups -OCH3 is 2. The van der Waals surface area contributed by atoms with Crippen LogP contribution in [0.4, 0.5) is 0 Å². The SMILES string of the molecule is BC1=CCC(OC)(C(=O)OC)CC1. The fourth-order valence-corrected chi connectivity index (χ4v) is 1.58. The van der Waals surface area contributed by atoms with Crippen molar-refractivity contribution in [1.82, 2.24) is 0 Å². The van der Waals surface area contributed by atoms with Gasteiger partial charge >= 0.3 is 5.97 Å². The molecule has 0 fully saturated rings. The third-order valence-electron chi connectivity index (χ3n) is 2.65. The number of carbonyl (C=O) groups excluding carboxylic acids is 1. The smallest absolute Gasteiger partial charge is 0.338 e. The first-order valence-corrected chi connectivity index (χ1v) is 4.44. The molecule has 4 heteroatoms. The fraction of sp³-hybridized carbons (Fsp3) is 0.667. The van der Waals surface area contributed by atoms with E-state index in [4.69, 9.17) is 9.47 Å². The van der Waals surface area contributed by atoms with Crippen molar-refractivity contribution < 1.29 is 14.3 Å². The van der Waals surface area contributed by atoms with Crippen LogP contribution in [0, 0.1) is 0 Å². The van der Waals surface area contributed by atoms with Crippen molar-refractivity contribution in [2.45, 2.75) is 24.9 Å². The van der Waals surface area contributed by atoms with E-state index in [1.54, 1.807) is 7.11 Å². The highest BCUT2D eigenvalue weighted by Gasteiger charge is 2.39. The van der Waals surface area contributed by atoms with Crippen LogP contribution in [0.15, 0.2) is 11.5 Å². The molecule has 1 rings (SSSR count). The lowest BCUT2D eigenvalue weighted by atomic mass is 9.78. The number of hydrogen-bond acceptors (Lipinski definition) is 3. The summed E-state index contributed by atoms with van der Waals surface area (Å²) in [5, 5.41) is 0. The molecule has 0 aliphatic heterocycles. The molecule has 72 valence electrons. The summed E-state index contributed by atoms with van der Waals surface area (Å²) in [5.41, 5.74) is 0.588. The van der Waals surface area contributed by atoms with Gasteiger partial charge in [-0.2, -0.15) is 0 Å². The average Bonchev–Trinajstić information content (AvgIpc) is 2.18. The zero-order valence-corrected chi connectivity index (χ0v) is 8.42. The first-order valence-electron chi connectivity index (χ1n) is 4.44. The van der Waals surface area contributed by atoms with Gasteiger partial charge in [-0.3, -0.25) is 0 Å². The second kappa shape index (κ2) is 3.96. The van der Waals surface area contributed by atoms with Gasteiger partial charge in [0.05, 0.1) is 7.11 Å². The van der Waals surface area contributed by atoms with E-state index in [-0.39, 0.29) is 5.97 Å². The summed E-state index contributed by atoms with van der Waals surface area (Å²) in [6.07, 6.45) is 4.30. The lowest BCUT2D eigenvalue weighted by molar-refractivity contribution is -0.167. The Morgan fingerprint density at radius 1 is 1.62 bits per heavy atom. The van der Waals surface area contributed by atoms with Crippen LogP contribution in [0.2, 0.25) is 0 Å². The minimum absolute atomic E-state index is 0.265. The van der Waals surface area contributed by atoms with Gasteiger partial charge < -0.3 is 9.47 Å². The molecule has 0 spiro atoms. The second-order valence-corrected chi connectivity index (χ2v) is 3.44. The Morgan fingerprint density at radius 2 is 2.31 bits per heavy atom. The van der Waals surface area contributed by atoms with Crippen molar-refractivity contribution in [2.24, 2.45) is 0 Å². The van der Waals surface area contributed by atoms with Crippen LogP contribution in [0.3, 0.4) is 0 Å². The monoisotopic (exact) mass is 182 g/mol. The van der Waals surface area contributed by atoms with Crippen LogP contribution in [0.5, 0.6) is 0 Å². The molecule has 1 aliphatic rings. The number of allylic oxidation sites excluding steroid dienone is 1.